The molecule has 1 aliphatic heterocycles. The summed E-state index contributed by atoms with van der Waals surface area (Å²) in [4.78, 5) is 19.7. The van der Waals surface area contributed by atoms with Gasteiger partial charge in [-0.15, -0.1) is 0 Å². The van der Waals surface area contributed by atoms with E-state index >= 15 is 0 Å². The molecule has 1 saturated carbocycles. The summed E-state index contributed by atoms with van der Waals surface area (Å²) >= 11 is 0. The number of carbonyl (C=O) groups excluding carboxylic acids is 1. The normalized spacial score (nSPS) is 20.7. The molecule has 2 heterocycles. The highest BCUT2D eigenvalue weighted by Gasteiger charge is 2.35. The number of likely N-dealkylation sites (tertiary alicyclic amines) is 1. The minimum atomic E-state index is -0.196. The van der Waals surface area contributed by atoms with E-state index in [-0.39, 0.29) is 17.8 Å². The van der Waals surface area contributed by atoms with Crippen LogP contribution in [0.15, 0.2) is 42.5 Å². The molecule has 1 atom stereocenters. The van der Waals surface area contributed by atoms with Crippen molar-refractivity contribution in [3.8, 4) is 0 Å². The SMILES string of the molecule is O=C(C1CCCC1)N1CCC[C@@H]1c1cccc(Cc2ccccc2F)n1. The minimum absolute atomic E-state index is 0.0728. The van der Waals surface area contributed by atoms with Gasteiger partial charge in [-0.05, 0) is 49.4 Å². The van der Waals surface area contributed by atoms with E-state index in [4.69, 9.17) is 4.98 Å². The fraction of sp³-hybridized carbons (Fsp3) is 0.455. The maximum atomic E-state index is 13.9. The first kappa shape index (κ1) is 17.2. The summed E-state index contributed by atoms with van der Waals surface area (Å²) in [5.41, 5.74) is 2.46. The molecule has 0 N–H and O–H groups in total. The number of benzene rings is 1. The number of aromatic nitrogens is 1. The Hall–Kier alpha value is -2.23. The topological polar surface area (TPSA) is 33.2 Å². The average molecular weight is 352 g/mol. The van der Waals surface area contributed by atoms with Crippen LogP contribution in [0.4, 0.5) is 4.39 Å². The molecule has 1 aliphatic carbocycles. The van der Waals surface area contributed by atoms with E-state index < -0.39 is 0 Å². The van der Waals surface area contributed by atoms with Crippen molar-refractivity contribution in [2.45, 2.75) is 51.0 Å². The zero-order valence-corrected chi connectivity index (χ0v) is 15.0. The maximum Gasteiger partial charge on any atom is 0.226 e. The van der Waals surface area contributed by atoms with Crippen molar-refractivity contribution in [3.05, 3.63) is 65.2 Å². The lowest BCUT2D eigenvalue weighted by Crippen LogP contribution is -2.35. The van der Waals surface area contributed by atoms with Gasteiger partial charge in [0.1, 0.15) is 5.82 Å². The molecule has 4 heteroatoms. The van der Waals surface area contributed by atoms with Crippen molar-refractivity contribution < 1.29 is 9.18 Å². The molecule has 4 rings (SSSR count). The molecule has 0 unspecified atom stereocenters. The number of carbonyl (C=O) groups is 1. The van der Waals surface area contributed by atoms with Gasteiger partial charge in [-0.2, -0.15) is 0 Å². The van der Waals surface area contributed by atoms with Gasteiger partial charge in [-0.25, -0.2) is 4.39 Å². The molecule has 3 nitrogen and oxygen atoms in total. The van der Waals surface area contributed by atoms with Gasteiger partial charge in [0.05, 0.1) is 11.7 Å². The van der Waals surface area contributed by atoms with Crippen molar-refractivity contribution in [1.29, 1.82) is 0 Å². The lowest BCUT2D eigenvalue weighted by atomic mass is 10.0. The van der Waals surface area contributed by atoms with Gasteiger partial charge in [0.25, 0.3) is 0 Å². The first-order chi connectivity index (χ1) is 12.7. The Labute approximate surface area is 154 Å². The van der Waals surface area contributed by atoms with Gasteiger partial charge >= 0.3 is 0 Å². The van der Waals surface area contributed by atoms with Crippen molar-refractivity contribution in [1.82, 2.24) is 9.88 Å². The Balaban J connectivity index is 1.53. The van der Waals surface area contributed by atoms with Gasteiger partial charge in [0.2, 0.25) is 5.91 Å². The maximum absolute atomic E-state index is 13.9. The number of rotatable bonds is 4. The van der Waals surface area contributed by atoms with Crippen LogP contribution in [-0.4, -0.2) is 22.3 Å². The second-order valence-corrected chi connectivity index (χ2v) is 7.49. The molecule has 0 bridgehead atoms. The Kier molecular flexibility index (Phi) is 5.00. The van der Waals surface area contributed by atoms with Gasteiger partial charge in [-0.1, -0.05) is 37.1 Å². The standard InChI is InChI=1S/C22H25FN2O/c23-19-11-4-3-9-17(19)15-18-10-5-12-20(24-18)21-13-6-14-25(21)22(26)16-7-1-2-8-16/h3-5,9-12,16,21H,1-2,6-8,13-15H2/t21-/m1/s1. The number of hydrogen-bond donors (Lipinski definition) is 0. The molecule has 2 fully saturated rings. The van der Waals surface area contributed by atoms with E-state index in [9.17, 15) is 9.18 Å². The lowest BCUT2D eigenvalue weighted by Gasteiger charge is -2.27. The summed E-state index contributed by atoms with van der Waals surface area (Å²) in [6.45, 7) is 0.833. The summed E-state index contributed by atoms with van der Waals surface area (Å²) < 4.78 is 13.9. The summed E-state index contributed by atoms with van der Waals surface area (Å²) in [7, 11) is 0. The quantitative estimate of drug-likeness (QED) is 0.801. The highest BCUT2D eigenvalue weighted by atomic mass is 19.1. The molecule has 136 valence electrons. The third-order valence-corrected chi connectivity index (χ3v) is 5.74. The molecule has 26 heavy (non-hydrogen) atoms. The van der Waals surface area contributed by atoms with Crippen LogP contribution in [-0.2, 0) is 11.2 Å². The van der Waals surface area contributed by atoms with Gasteiger partial charge in [0, 0.05) is 24.6 Å². The lowest BCUT2D eigenvalue weighted by molar-refractivity contribution is -0.136. The summed E-state index contributed by atoms with van der Waals surface area (Å²) in [5, 5.41) is 0. The zero-order chi connectivity index (χ0) is 17.9. The van der Waals surface area contributed by atoms with E-state index in [1.807, 2.05) is 29.2 Å². The van der Waals surface area contributed by atoms with Crippen LogP contribution in [0.2, 0.25) is 0 Å². The largest absolute Gasteiger partial charge is 0.334 e. The number of nitrogens with zero attached hydrogens (tertiary/aromatic N) is 2. The zero-order valence-electron chi connectivity index (χ0n) is 15.0. The Morgan fingerprint density at radius 3 is 2.65 bits per heavy atom. The fourth-order valence-corrected chi connectivity index (χ4v) is 4.36. The summed E-state index contributed by atoms with van der Waals surface area (Å²) in [6, 6.07) is 12.8. The second-order valence-electron chi connectivity index (χ2n) is 7.49. The van der Waals surface area contributed by atoms with Crippen LogP contribution in [0.3, 0.4) is 0 Å². The van der Waals surface area contributed by atoms with Crippen molar-refractivity contribution >= 4 is 5.91 Å². The van der Waals surface area contributed by atoms with Crippen LogP contribution in [0, 0.1) is 11.7 Å². The Bertz CT molecular complexity index is 785. The van der Waals surface area contributed by atoms with Crippen LogP contribution in [0.5, 0.6) is 0 Å². The van der Waals surface area contributed by atoms with Crippen molar-refractivity contribution in [2.24, 2.45) is 5.92 Å². The van der Waals surface area contributed by atoms with Crippen LogP contribution < -0.4 is 0 Å². The molecule has 1 saturated heterocycles. The predicted molar refractivity (Wildman–Crippen MR) is 99.1 cm³/mol. The first-order valence-electron chi connectivity index (χ1n) is 9.72. The Morgan fingerprint density at radius 2 is 1.85 bits per heavy atom. The van der Waals surface area contributed by atoms with E-state index in [0.717, 1.165) is 43.6 Å². The molecular formula is C22H25FN2O. The summed E-state index contributed by atoms with van der Waals surface area (Å²) in [6.07, 6.45) is 6.88. The average Bonchev–Trinajstić information content (AvgIpc) is 3.35. The molecule has 1 aromatic carbocycles. The van der Waals surface area contributed by atoms with Gasteiger partial charge in [-0.3, -0.25) is 9.78 Å². The van der Waals surface area contributed by atoms with E-state index in [1.165, 1.54) is 18.9 Å². The molecule has 2 aromatic rings. The highest BCUT2D eigenvalue weighted by molar-refractivity contribution is 5.79. The van der Waals surface area contributed by atoms with Gasteiger partial charge < -0.3 is 4.90 Å². The third kappa shape index (κ3) is 3.50. The second kappa shape index (κ2) is 7.56. The van der Waals surface area contributed by atoms with E-state index in [1.54, 1.807) is 12.1 Å². The minimum Gasteiger partial charge on any atom is -0.334 e. The third-order valence-electron chi connectivity index (χ3n) is 5.74. The number of halogens is 1. The predicted octanol–water partition coefficient (Wildman–Crippen LogP) is 4.67. The molecule has 0 radical (unpaired) electrons. The van der Waals surface area contributed by atoms with Crippen molar-refractivity contribution in [3.63, 3.8) is 0 Å². The van der Waals surface area contributed by atoms with Crippen LogP contribution in [0.1, 0.15) is 61.5 Å². The smallest absolute Gasteiger partial charge is 0.226 e. The molecular weight excluding hydrogens is 327 g/mol. The number of amides is 1. The molecule has 2 aliphatic rings. The fourth-order valence-electron chi connectivity index (χ4n) is 4.36. The van der Waals surface area contributed by atoms with Gasteiger partial charge in [0.15, 0.2) is 0 Å². The first-order valence-corrected chi connectivity index (χ1v) is 9.72. The monoisotopic (exact) mass is 352 g/mol. The summed E-state index contributed by atoms with van der Waals surface area (Å²) in [5.74, 6) is 0.321. The number of hydrogen-bond acceptors (Lipinski definition) is 2. The van der Waals surface area contributed by atoms with E-state index in [2.05, 4.69) is 0 Å². The van der Waals surface area contributed by atoms with Crippen molar-refractivity contribution in [2.75, 3.05) is 6.54 Å². The molecule has 1 amide bonds. The van der Waals surface area contributed by atoms with Crippen LogP contribution >= 0.6 is 0 Å². The van der Waals surface area contributed by atoms with Crippen LogP contribution in [0.25, 0.3) is 0 Å². The van der Waals surface area contributed by atoms with E-state index in [0.29, 0.717) is 17.9 Å². The highest BCUT2D eigenvalue weighted by Crippen LogP contribution is 2.35. The Morgan fingerprint density at radius 1 is 1.04 bits per heavy atom. The molecule has 1 aromatic heterocycles. The molecule has 0 spiro atoms. The number of pyridine rings is 1.